The number of carbonyl (C=O) groups excluding carboxylic acids is 1. The van der Waals surface area contributed by atoms with Crippen molar-refractivity contribution in [1.29, 1.82) is 0 Å². The standard InChI is InChI=1S/C21H28N2O2/c1-15(19-11-5-8-17-7-3-4-10-20(17)19)22-21(25)14-23-12-6-9-18(13-23)16(2)24/h3-5,7-8,10-11,15-16,18,24H,6,9,12-14H2,1-2H3,(H,22,25). The quantitative estimate of drug-likeness (QED) is 0.879. The Hall–Kier alpha value is -1.91. The van der Waals surface area contributed by atoms with Gasteiger partial charge in [-0.2, -0.15) is 0 Å². The average molecular weight is 340 g/mol. The second-order valence-corrected chi connectivity index (χ2v) is 7.24. The first-order valence-electron chi connectivity index (χ1n) is 9.22. The molecule has 0 radical (unpaired) electrons. The number of fused-ring (bicyclic) bond motifs is 1. The number of likely N-dealkylation sites (tertiary alicyclic amines) is 1. The highest BCUT2D eigenvalue weighted by Gasteiger charge is 2.25. The molecule has 2 aromatic carbocycles. The van der Waals surface area contributed by atoms with E-state index in [1.807, 2.05) is 32.0 Å². The van der Waals surface area contributed by atoms with Crippen molar-refractivity contribution in [2.75, 3.05) is 19.6 Å². The van der Waals surface area contributed by atoms with Gasteiger partial charge in [-0.15, -0.1) is 0 Å². The normalized spacial score (nSPS) is 21.0. The number of nitrogens with one attached hydrogen (secondary N) is 1. The van der Waals surface area contributed by atoms with Crippen LogP contribution in [0.15, 0.2) is 42.5 Å². The van der Waals surface area contributed by atoms with E-state index < -0.39 is 0 Å². The Balaban J connectivity index is 1.62. The molecule has 1 aliphatic heterocycles. The van der Waals surface area contributed by atoms with Crippen molar-refractivity contribution in [2.45, 2.75) is 38.8 Å². The van der Waals surface area contributed by atoms with Gasteiger partial charge in [0.1, 0.15) is 0 Å². The molecule has 0 aliphatic carbocycles. The van der Waals surface area contributed by atoms with E-state index in [0.717, 1.165) is 31.5 Å². The number of rotatable bonds is 5. The van der Waals surface area contributed by atoms with E-state index in [2.05, 4.69) is 34.5 Å². The molecule has 3 atom stereocenters. The first-order valence-corrected chi connectivity index (χ1v) is 9.22. The van der Waals surface area contributed by atoms with Crippen LogP contribution < -0.4 is 5.32 Å². The van der Waals surface area contributed by atoms with Crippen molar-refractivity contribution >= 4 is 16.7 Å². The molecule has 0 spiro atoms. The van der Waals surface area contributed by atoms with Crippen LogP contribution in [0.5, 0.6) is 0 Å². The molecule has 1 fully saturated rings. The molecule has 0 aromatic heterocycles. The van der Waals surface area contributed by atoms with E-state index in [4.69, 9.17) is 0 Å². The third kappa shape index (κ3) is 4.39. The Labute approximate surface area is 149 Å². The van der Waals surface area contributed by atoms with Crippen LogP contribution in [0.3, 0.4) is 0 Å². The minimum absolute atomic E-state index is 0.0315. The summed E-state index contributed by atoms with van der Waals surface area (Å²) in [5, 5.41) is 15.3. The Morgan fingerprint density at radius 1 is 1.24 bits per heavy atom. The maximum Gasteiger partial charge on any atom is 0.234 e. The molecule has 1 saturated heterocycles. The van der Waals surface area contributed by atoms with Gasteiger partial charge < -0.3 is 10.4 Å². The highest BCUT2D eigenvalue weighted by molar-refractivity contribution is 5.87. The van der Waals surface area contributed by atoms with Gasteiger partial charge in [-0.25, -0.2) is 0 Å². The summed E-state index contributed by atoms with van der Waals surface area (Å²) in [7, 11) is 0. The second kappa shape index (κ2) is 7.98. The van der Waals surface area contributed by atoms with Crippen molar-refractivity contribution < 1.29 is 9.90 Å². The van der Waals surface area contributed by atoms with Gasteiger partial charge in [-0.05, 0) is 55.5 Å². The molecular formula is C21H28N2O2. The molecule has 1 amide bonds. The lowest BCUT2D eigenvalue weighted by Crippen LogP contribution is -2.45. The van der Waals surface area contributed by atoms with Gasteiger partial charge in [0.25, 0.3) is 0 Å². The predicted molar refractivity (Wildman–Crippen MR) is 101 cm³/mol. The monoisotopic (exact) mass is 340 g/mol. The van der Waals surface area contributed by atoms with E-state index >= 15 is 0 Å². The first kappa shape index (κ1) is 17.9. The molecule has 3 rings (SSSR count). The molecule has 0 saturated carbocycles. The van der Waals surface area contributed by atoms with E-state index in [1.165, 1.54) is 10.8 Å². The minimum atomic E-state index is -0.305. The van der Waals surface area contributed by atoms with Gasteiger partial charge in [0.2, 0.25) is 5.91 Å². The van der Waals surface area contributed by atoms with Crippen LogP contribution in [0.1, 0.15) is 38.3 Å². The summed E-state index contributed by atoms with van der Waals surface area (Å²) < 4.78 is 0. The van der Waals surface area contributed by atoms with Crippen molar-refractivity contribution in [3.05, 3.63) is 48.0 Å². The fraction of sp³-hybridized carbons (Fsp3) is 0.476. The zero-order chi connectivity index (χ0) is 17.8. The lowest BCUT2D eigenvalue weighted by Gasteiger charge is -2.33. The maximum absolute atomic E-state index is 12.5. The Morgan fingerprint density at radius 2 is 2.00 bits per heavy atom. The summed E-state index contributed by atoms with van der Waals surface area (Å²) in [6, 6.07) is 14.4. The van der Waals surface area contributed by atoms with E-state index in [0.29, 0.717) is 6.54 Å². The molecule has 0 bridgehead atoms. The molecule has 3 unspecified atom stereocenters. The highest BCUT2D eigenvalue weighted by atomic mass is 16.3. The molecule has 4 heteroatoms. The SMILES string of the molecule is CC(NC(=O)CN1CCCC(C(C)O)C1)c1cccc2ccccc12. The summed E-state index contributed by atoms with van der Waals surface area (Å²) in [4.78, 5) is 14.7. The number of benzene rings is 2. The van der Waals surface area contributed by atoms with Crippen molar-refractivity contribution in [2.24, 2.45) is 5.92 Å². The molecule has 2 N–H and O–H groups in total. The van der Waals surface area contributed by atoms with Crippen LogP contribution in [-0.4, -0.2) is 41.7 Å². The summed E-state index contributed by atoms with van der Waals surface area (Å²) in [6.07, 6.45) is 1.78. The van der Waals surface area contributed by atoms with Gasteiger partial charge in [-0.3, -0.25) is 9.69 Å². The average Bonchev–Trinajstić information content (AvgIpc) is 2.61. The highest BCUT2D eigenvalue weighted by Crippen LogP contribution is 2.24. The smallest absolute Gasteiger partial charge is 0.234 e. The van der Waals surface area contributed by atoms with Crippen LogP contribution in [0.4, 0.5) is 0 Å². The van der Waals surface area contributed by atoms with Crippen molar-refractivity contribution in [3.63, 3.8) is 0 Å². The summed E-state index contributed by atoms with van der Waals surface area (Å²) in [6.45, 7) is 6.01. The minimum Gasteiger partial charge on any atom is -0.393 e. The predicted octanol–water partition coefficient (Wildman–Crippen LogP) is 3.11. The number of aliphatic hydroxyl groups excluding tert-OH is 1. The zero-order valence-corrected chi connectivity index (χ0v) is 15.1. The summed E-state index contributed by atoms with van der Waals surface area (Å²) in [5.74, 6) is 0.323. The van der Waals surface area contributed by atoms with Crippen LogP contribution in [0, 0.1) is 5.92 Å². The third-order valence-electron chi connectivity index (χ3n) is 5.26. The van der Waals surface area contributed by atoms with Crippen LogP contribution in [0.25, 0.3) is 10.8 Å². The summed E-state index contributed by atoms with van der Waals surface area (Å²) in [5.41, 5.74) is 1.15. The molecule has 134 valence electrons. The number of piperidine rings is 1. The largest absolute Gasteiger partial charge is 0.393 e. The van der Waals surface area contributed by atoms with Gasteiger partial charge in [-0.1, -0.05) is 42.5 Å². The van der Waals surface area contributed by atoms with Crippen LogP contribution >= 0.6 is 0 Å². The number of carbonyl (C=O) groups is 1. The van der Waals surface area contributed by atoms with Crippen molar-refractivity contribution in [1.82, 2.24) is 10.2 Å². The third-order valence-corrected chi connectivity index (χ3v) is 5.26. The van der Waals surface area contributed by atoms with Crippen LogP contribution in [-0.2, 0) is 4.79 Å². The number of hydrogen-bond acceptors (Lipinski definition) is 3. The Bertz CT molecular complexity index is 723. The van der Waals surface area contributed by atoms with Gasteiger partial charge >= 0.3 is 0 Å². The Kier molecular flexibility index (Phi) is 5.71. The number of hydrogen-bond donors (Lipinski definition) is 2. The number of nitrogens with zero attached hydrogens (tertiary/aromatic N) is 1. The lowest BCUT2D eigenvalue weighted by atomic mass is 9.93. The fourth-order valence-electron chi connectivity index (χ4n) is 3.82. The Morgan fingerprint density at radius 3 is 2.80 bits per heavy atom. The molecule has 2 aromatic rings. The van der Waals surface area contributed by atoms with E-state index in [9.17, 15) is 9.90 Å². The lowest BCUT2D eigenvalue weighted by molar-refractivity contribution is -0.123. The molecule has 4 nitrogen and oxygen atoms in total. The fourth-order valence-corrected chi connectivity index (χ4v) is 3.82. The summed E-state index contributed by atoms with van der Waals surface area (Å²) >= 11 is 0. The van der Waals surface area contributed by atoms with Gasteiger partial charge in [0.15, 0.2) is 0 Å². The van der Waals surface area contributed by atoms with Crippen molar-refractivity contribution in [3.8, 4) is 0 Å². The number of aliphatic hydroxyl groups is 1. The van der Waals surface area contributed by atoms with Gasteiger partial charge in [0, 0.05) is 6.54 Å². The topological polar surface area (TPSA) is 52.6 Å². The zero-order valence-electron chi connectivity index (χ0n) is 15.1. The second-order valence-electron chi connectivity index (χ2n) is 7.24. The molecule has 1 aliphatic rings. The van der Waals surface area contributed by atoms with E-state index in [1.54, 1.807) is 0 Å². The molecular weight excluding hydrogens is 312 g/mol. The maximum atomic E-state index is 12.5. The number of amides is 1. The first-order chi connectivity index (χ1) is 12.0. The molecule has 25 heavy (non-hydrogen) atoms. The van der Waals surface area contributed by atoms with E-state index in [-0.39, 0.29) is 24.0 Å². The van der Waals surface area contributed by atoms with Crippen LogP contribution in [0.2, 0.25) is 0 Å². The molecule has 1 heterocycles. The van der Waals surface area contributed by atoms with Gasteiger partial charge in [0.05, 0.1) is 18.7 Å².